The molecule has 0 radical (unpaired) electrons. The van der Waals surface area contributed by atoms with Gasteiger partial charge in [-0.2, -0.15) is 0 Å². The van der Waals surface area contributed by atoms with Crippen LogP contribution in [-0.2, 0) is 11.2 Å². The Morgan fingerprint density at radius 1 is 0.879 bits per heavy atom. The molecule has 2 aromatic carbocycles. The molecule has 0 heterocycles. The summed E-state index contributed by atoms with van der Waals surface area (Å²) in [6, 6.07) is 10.7. The Hall–Kier alpha value is -3.42. The van der Waals surface area contributed by atoms with Gasteiger partial charge in [0.1, 0.15) is 0 Å². The number of rotatable bonds is 13. The molecule has 0 bridgehead atoms. The van der Waals surface area contributed by atoms with Gasteiger partial charge in [0.05, 0.1) is 20.3 Å². The van der Waals surface area contributed by atoms with Crippen LogP contribution in [0.15, 0.2) is 36.4 Å². The Balaban J connectivity index is 1.94. The molecule has 2 aromatic rings. The highest BCUT2D eigenvalue weighted by atomic mass is 16.5. The van der Waals surface area contributed by atoms with Gasteiger partial charge >= 0.3 is 0 Å². The standard InChI is InChI=1S/C25H34N2O6/c1-6-31-21-10-8-18(14-23(21)32-7-2)12-13-26-25(29)19-9-11-20(22(15-19)30-5)33-16-24(28)27-17(3)4/h8-11,14-15,17H,6-7,12-13,16H2,1-5H3,(H,26,29)(H,27,28). The Labute approximate surface area is 195 Å². The molecule has 2 N–H and O–H groups in total. The zero-order valence-electron chi connectivity index (χ0n) is 20.0. The number of methoxy groups -OCH3 is 1. The van der Waals surface area contributed by atoms with E-state index in [1.165, 1.54) is 7.11 Å². The SMILES string of the molecule is CCOc1ccc(CCNC(=O)c2ccc(OCC(=O)NC(C)C)c(OC)c2)cc1OCC. The fraction of sp³-hybridized carbons (Fsp3) is 0.440. The van der Waals surface area contributed by atoms with Gasteiger partial charge in [0.2, 0.25) is 0 Å². The summed E-state index contributed by atoms with van der Waals surface area (Å²) >= 11 is 0. The zero-order chi connectivity index (χ0) is 24.2. The number of hydrogen-bond donors (Lipinski definition) is 2. The number of carbonyl (C=O) groups excluding carboxylic acids is 2. The predicted octanol–water partition coefficient (Wildman–Crippen LogP) is 3.37. The molecule has 0 spiro atoms. The van der Waals surface area contributed by atoms with E-state index in [4.69, 9.17) is 18.9 Å². The second-order valence-electron chi connectivity index (χ2n) is 7.53. The highest BCUT2D eigenvalue weighted by molar-refractivity contribution is 5.94. The first-order chi connectivity index (χ1) is 15.9. The third-order valence-electron chi connectivity index (χ3n) is 4.54. The predicted molar refractivity (Wildman–Crippen MR) is 127 cm³/mol. The molecular formula is C25H34N2O6. The zero-order valence-corrected chi connectivity index (χ0v) is 20.0. The van der Waals surface area contributed by atoms with Gasteiger partial charge < -0.3 is 29.6 Å². The number of hydrogen-bond acceptors (Lipinski definition) is 6. The lowest BCUT2D eigenvalue weighted by Crippen LogP contribution is -2.34. The maximum Gasteiger partial charge on any atom is 0.258 e. The minimum absolute atomic E-state index is 0.0300. The Morgan fingerprint density at radius 3 is 2.21 bits per heavy atom. The normalized spacial score (nSPS) is 10.5. The minimum Gasteiger partial charge on any atom is -0.493 e. The Morgan fingerprint density at radius 2 is 1.55 bits per heavy atom. The van der Waals surface area contributed by atoms with Crippen molar-refractivity contribution in [3.63, 3.8) is 0 Å². The van der Waals surface area contributed by atoms with E-state index in [-0.39, 0.29) is 24.5 Å². The lowest BCUT2D eigenvalue weighted by Gasteiger charge is -2.14. The monoisotopic (exact) mass is 458 g/mol. The molecule has 0 aliphatic heterocycles. The van der Waals surface area contributed by atoms with Crippen molar-refractivity contribution in [1.82, 2.24) is 10.6 Å². The van der Waals surface area contributed by atoms with Gasteiger partial charge in [0.15, 0.2) is 29.6 Å². The van der Waals surface area contributed by atoms with Crippen molar-refractivity contribution in [2.24, 2.45) is 0 Å². The molecule has 33 heavy (non-hydrogen) atoms. The summed E-state index contributed by atoms with van der Waals surface area (Å²) in [4.78, 5) is 24.4. The van der Waals surface area contributed by atoms with Crippen LogP contribution in [-0.4, -0.2) is 51.3 Å². The lowest BCUT2D eigenvalue weighted by molar-refractivity contribution is -0.123. The third-order valence-corrected chi connectivity index (χ3v) is 4.54. The molecule has 0 fully saturated rings. The molecule has 8 nitrogen and oxygen atoms in total. The van der Waals surface area contributed by atoms with E-state index in [9.17, 15) is 9.59 Å². The van der Waals surface area contributed by atoms with Crippen LogP contribution >= 0.6 is 0 Å². The largest absolute Gasteiger partial charge is 0.493 e. The molecule has 0 atom stereocenters. The fourth-order valence-corrected chi connectivity index (χ4v) is 3.11. The number of benzene rings is 2. The van der Waals surface area contributed by atoms with Crippen LogP contribution in [0.25, 0.3) is 0 Å². The fourth-order valence-electron chi connectivity index (χ4n) is 3.11. The number of nitrogens with one attached hydrogen (secondary N) is 2. The minimum atomic E-state index is -0.228. The van der Waals surface area contributed by atoms with E-state index in [2.05, 4.69) is 10.6 Å². The van der Waals surface area contributed by atoms with Crippen molar-refractivity contribution in [3.05, 3.63) is 47.5 Å². The van der Waals surface area contributed by atoms with E-state index in [0.717, 1.165) is 5.56 Å². The van der Waals surface area contributed by atoms with Gasteiger partial charge in [0, 0.05) is 18.2 Å². The van der Waals surface area contributed by atoms with E-state index in [1.54, 1.807) is 18.2 Å². The molecule has 2 rings (SSSR count). The Bertz CT molecular complexity index is 929. The molecule has 0 aromatic heterocycles. The molecular weight excluding hydrogens is 424 g/mol. The first-order valence-electron chi connectivity index (χ1n) is 11.1. The summed E-state index contributed by atoms with van der Waals surface area (Å²) < 4.78 is 22.1. The maximum absolute atomic E-state index is 12.6. The summed E-state index contributed by atoms with van der Waals surface area (Å²) in [6.07, 6.45) is 0.640. The first-order valence-corrected chi connectivity index (χ1v) is 11.1. The number of amides is 2. The molecule has 0 aliphatic carbocycles. The lowest BCUT2D eigenvalue weighted by atomic mass is 10.1. The van der Waals surface area contributed by atoms with Crippen LogP contribution in [0.1, 0.15) is 43.6 Å². The summed E-state index contributed by atoms with van der Waals surface area (Å²) in [6.45, 7) is 9.03. The smallest absolute Gasteiger partial charge is 0.258 e. The van der Waals surface area contributed by atoms with Crippen molar-refractivity contribution >= 4 is 11.8 Å². The summed E-state index contributed by atoms with van der Waals surface area (Å²) in [5, 5.41) is 5.66. The van der Waals surface area contributed by atoms with Gasteiger partial charge in [-0.1, -0.05) is 6.07 Å². The second-order valence-corrected chi connectivity index (χ2v) is 7.53. The van der Waals surface area contributed by atoms with Crippen LogP contribution in [0.5, 0.6) is 23.0 Å². The molecule has 0 saturated heterocycles. The third kappa shape index (κ3) is 8.21. The van der Waals surface area contributed by atoms with E-state index < -0.39 is 0 Å². The average molecular weight is 459 g/mol. The first kappa shape index (κ1) is 25.8. The van der Waals surface area contributed by atoms with E-state index >= 15 is 0 Å². The van der Waals surface area contributed by atoms with Crippen molar-refractivity contribution < 1.29 is 28.5 Å². The summed E-state index contributed by atoms with van der Waals surface area (Å²) in [7, 11) is 1.49. The van der Waals surface area contributed by atoms with Crippen LogP contribution in [0.3, 0.4) is 0 Å². The van der Waals surface area contributed by atoms with Crippen LogP contribution < -0.4 is 29.6 Å². The van der Waals surface area contributed by atoms with Crippen molar-refractivity contribution in [2.45, 2.75) is 40.2 Å². The maximum atomic E-state index is 12.6. The van der Waals surface area contributed by atoms with Gasteiger partial charge in [-0.25, -0.2) is 0 Å². The molecule has 0 saturated carbocycles. The second kappa shape index (κ2) is 13.2. The number of ether oxygens (including phenoxy) is 4. The van der Waals surface area contributed by atoms with Gasteiger partial charge in [-0.15, -0.1) is 0 Å². The van der Waals surface area contributed by atoms with Crippen LogP contribution in [0.2, 0.25) is 0 Å². The summed E-state index contributed by atoms with van der Waals surface area (Å²) in [5.74, 6) is 1.73. The molecule has 180 valence electrons. The van der Waals surface area contributed by atoms with Crippen LogP contribution in [0.4, 0.5) is 0 Å². The molecule has 0 unspecified atom stereocenters. The number of carbonyl (C=O) groups is 2. The van der Waals surface area contributed by atoms with Crippen LogP contribution in [0, 0.1) is 0 Å². The van der Waals surface area contributed by atoms with Gasteiger partial charge in [-0.05, 0) is 70.0 Å². The van der Waals surface area contributed by atoms with Crippen molar-refractivity contribution in [3.8, 4) is 23.0 Å². The summed E-state index contributed by atoms with van der Waals surface area (Å²) in [5.41, 5.74) is 1.47. The highest BCUT2D eigenvalue weighted by Gasteiger charge is 2.13. The molecule has 8 heteroatoms. The molecule has 2 amide bonds. The van der Waals surface area contributed by atoms with Gasteiger partial charge in [-0.3, -0.25) is 9.59 Å². The quantitative estimate of drug-likeness (QED) is 0.478. The topological polar surface area (TPSA) is 95.1 Å². The van der Waals surface area contributed by atoms with E-state index in [0.29, 0.717) is 54.7 Å². The molecule has 0 aliphatic rings. The Kier molecular flexibility index (Phi) is 10.3. The van der Waals surface area contributed by atoms with Crippen molar-refractivity contribution in [2.75, 3.05) is 33.5 Å². The average Bonchev–Trinajstić information content (AvgIpc) is 2.79. The highest BCUT2D eigenvalue weighted by Crippen LogP contribution is 2.29. The van der Waals surface area contributed by atoms with E-state index in [1.807, 2.05) is 45.9 Å². The van der Waals surface area contributed by atoms with Gasteiger partial charge in [0.25, 0.3) is 11.8 Å². The van der Waals surface area contributed by atoms with Crippen molar-refractivity contribution in [1.29, 1.82) is 0 Å².